The molecule has 0 bridgehead atoms. The van der Waals surface area contributed by atoms with Gasteiger partial charge in [-0.15, -0.1) is 0 Å². The summed E-state index contributed by atoms with van der Waals surface area (Å²) in [5, 5.41) is 4.62. The van der Waals surface area contributed by atoms with Crippen LogP contribution in [-0.2, 0) is 10.8 Å². The lowest BCUT2D eigenvalue weighted by Crippen LogP contribution is -2.44. The van der Waals surface area contributed by atoms with Gasteiger partial charge in [-0.1, -0.05) is 249 Å². The highest BCUT2D eigenvalue weighted by Gasteiger charge is 2.59. The Labute approximate surface area is 431 Å². The van der Waals surface area contributed by atoms with Crippen molar-refractivity contribution in [3.05, 3.63) is 334 Å². The predicted molar refractivity (Wildman–Crippen MR) is 305 cm³/mol. The molecule has 3 heteroatoms. The molecule has 0 amide bonds. The van der Waals surface area contributed by atoms with Crippen molar-refractivity contribution in [1.29, 1.82) is 0 Å². The van der Waals surface area contributed by atoms with Crippen molar-refractivity contribution >= 4 is 33.8 Å². The van der Waals surface area contributed by atoms with E-state index in [1.807, 2.05) is 36.0 Å². The number of fused-ring (bicyclic) bond motifs is 19. The second-order valence-electron chi connectivity index (χ2n) is 19.5. The van der Waals surface area contributed by atoms with E-state index in [0.29, 0.717) is 0 Å². The topological polar surface area (TPSA) is 38.4 Å². The molecule has 0 saturated carbocycles. The molecule has 14 rings (SSSR count). The molecule has 0 saturated heterocycles. The summed E-state index contributed by atoms with van der Waals surface area (Å²) in [5.74, 6) is 0. The minimum Gasteiger partial charge on any atom is -0.405 e. The van der Waals surface area contributed by atoms with Gasteiger partial charge in [-0.2, -0.15) is 0 Å². The van der Waals surface area contributed by atoms with Crippen LogP contribution in [0.15, 0.2) is 277 Å². The van der Waals surface area contributed by atoms with Crippen LogP contribution in [0.1, 0.15) is 72.8 Å². The molecule has 2 spiro atoms. The van der Waals surface area contributed by atoms with Gasteiger partial charge in [-0.05, 0) is 146 Å². The van der Waals surface area contributed by atoms with Crippen molar-refractivity contribution in [3.63, 3.8) is 0 Å². The molecule has 1 aliphatic heterocycles. The highest BCUT2D eigenvalue weighted by Crippen LogP contribution is 2.69. The summed E-state index contributed by atoms with van der Waals surface area (Å²) in [5.41, 5.74) is 29.1. The SMILES string of the molecule is C=C1/C=C\C=C/Sc2c1ccc1c2C2(c3cc(-c4ccc(C(N=C(/C=C\N)c5ccccc5)c5ccc6ccccc6c5)cc4)ccc3-1)c1ccccc1C1(c3ccccc3-c3ccccc31)c1ccccc12. The number of thioether (sulfide) groups is 1. The summed E-state index contributed by atoms with van der Waals surface area (Å²) in [6, 6.07) is 83.2. The normalized spacial score (nSPS) is 16.4. The fraction of sp³-hybridized carbons (Fsp3) is 0.0429. The molecule has 10 aromatic rings. The van der Waals surface area contributed by atoms with Crippen molar-refractivity contribution in [2.24, 2.45) is 10.7 Å². The van der Waals surface area contributed by atoms with E-state index >= 15 is 0 Å². The zero-order valence-corrected chi connectivity index (χ0v) is 40.9. The predicted octanol–water partition coefficient (Wildman–Crippen LogP) is 16.8. The van der Waals surface area contributed by atoms with Crippen LogP contribution >= 0.6 is 11.8 Å². The van der Waals surface area contributed by atoms with Crippen molar-refractivity contribution in [2.45, 2.75) is 21.8 Å². The van der Waals surface area contributed by atoms with E-state index in [4.69, 9.17) is 10.7 Å². The second kappa shape index (κ2) is 16.9. The van der Waals surface area contributed by atoms with Crippen LogP contribution in [0.4, 0.5) is 0 Å². The van der Waals surface area contributed by atoms with Crippen molar-refractivity contribution in [1.82, 2.24) is 0 Å². The molecule has 1 atom stereocenters. The number of allylic oxidation sites excluding steroid dienone is 5. The third-order valence-electron chi connectivity index (χ3n) is 15.9. The Hall–Kier alpha value is -8.76. The average Bonchev–Trinajstić information content (AvgIpc) is 3.92. The summed E-state index contributed by atoms with van der Waals surface area (Å²) in [4.78, 5) is 6.75. The Morgan fingerprint density at radius 3 is 1.70 bits per heavy atom. The van der Waals surface area contributed by atoms with E-state index in [9.17, 15) is 0 Å². The quantitative estimate of drug-likeness (QED) is 0.169. The molecule has 3 aliphatic carbocycles. The number of nitrogens with zero attached hydrogens (tertiary/aromatic N) is 1. The second-order valence-corrected chi connectivity index (χ2v) is 20.4. The van der Waals surface area contributed by atoms with Gasteiger partial charge in [0.2, 0.25) is 0 Å². The Bertz CT molecular complexity index is 3940. The summed E-state index contributed by atoms with van der Waals surface area (Å²) >= 11 is 1.82. The monoisotopic (exact) mass is 948 g/mol. The molecular formula is C70H48N2S. The number of benzene rings is 10. The van der Waals surface area contributed by atoms with Crippen molar-refractivity contribution < 1.29 is 0 Å². The van der Waals surface area contributed by atoms with Crippen LogP contribution < -0.4 is 5.73 Å². The molecule has 73 heavy (non-hydrogen) atoms. The zero-order chi connectivity index (χ0) is 48.7. The fourth-order valence-corrected chi connectivity index (χ4v) is 14.0. The average molecular weight is 949 g/mol. The van der Waals surface area contributed by atoms with Crippen LogP contribution in [0, 0.1) is 0 Å². The van der Waals surface area contributed by atoms with Gasteiger partial charge in [-0.3, -0.25) is 4.99 Å². The molecular weight excluding hydrogens is 901 g/mol. The third-order valence-corrected chi connectivity index (χ3v) is 16.9. The highest BCUT2D eigenvalue weighted by atomic mass is 32.2. The van der Waals surface area contributed by atoms with E-state index in [0.717, 1.165) is 39.1 Å². The first-order valence-corrected chi connectivity index (χ1v) is 26.0. The fourth-order valence-electron chi connectivity index (χ4n) is 12.9. The summed E-state index contributed by atoms with van der Waals surface area (Å²) in [6.07, 6.45) is 9.89. The highest BCUT2D eigenvalue weighted by molar-refractivity contribution is 8.02. The van der Waals surface area contributed by atoms with E-state index in [1.54, 1.807) is 6.20 Å². The maximum absolute atomic E-state index is 6.10. The smallest absolute Gasteiger partial charge is 0.101 e. The van der Waals surface area contributed by atoms with E-state index in [-0.39, 0.29) is 6.04 Å². The third kappa shape index (κ3) is 6.29. The lowest BCUT2D eigenvalue weighted by atomic mass is 9.52. The van der Waals surface area contributed by atoms with Gasteiger partial charge in [0.25, 0.3) is 0 Å². The number of rotatable bonds is 6. The Morgan fingerprint density at radius 1 is 0.466 bits per heavy atom. The first-order valence-electron chi connectivity index (χ1n) is 25.1. The molecule has 10 aromatic carbocycles. The summed E-state index contributed by atoms with van der Waals surface area (Å²) in [7, 11) is 0. The lowest BCUT2D eigenvalue weighted by Gasteiger charge is -2.49. The van der Waals surface area contributed by atoms with Crippen molar-refractivity contribution in [3.8, 4) is 33.4 Å². The molecule has 0 fully saturated rings. The van der Waals surface area contributed by atoms with Gasteiger partial charge in [0, 0.05) is 4.90 Å². The number of hydrogen-bond acceptors (Lipinski definition) is 3. The van der Waals surface area contributed by atoms with E-state index < -0.39 is 10.8 Å². The molecule has 4 aliphatic rings. The Morgan fingerprint density at radius 2 is 1.01 bits per heavy atom. The summed E-state index contributed by atoms with van der Waals surface area (Å²) in [6.45, 7) is 4.66. The van der Waals surface area contributed by atoms with Gasteiger partial charge >= 0.3 is 0 Å². The molecule has 0 radical (unpaired) electrons. The maximum atomic E-state index is 6.10. The number of aliphatic imine (C=N–C) groups is 1. The van der Waals surface area contributed by atoms with Gasteiger partial charge in [-0.25, -0.2) is 0 Å². The van der Waals surface area contributed by atoms with Gasteiger partial charge in [0.1, 0.15) is 6.04 Å². The number of nitrogens with two attached hydrogens (primary N) is 1. The van der Waals surface area contributed by atoms with Crippen molar-refractivity contribution in [2.75, 3.05) is 0 Å². The van der Waals surface area contributed by atoms with Crippen LogP contribution in [0.25, 0.3) is 49.7 Å². The Kier molecular flexibility index (Phi) is 10.00. The van der Waals surface area contributed by atoms with E-state index in [1.165, 1.54) is 88.0 Å². The van der Waals surface area contributed by atoms with E-state index in [2.05, 4.69) is 236 Å². The van der Waals surface area contributed by atoms with Gasteiger partial charge in [0.15, 0.2) is 0 Å². The lowest BCUT2D eigenvalue weighted by molar-refractivity contribution is 0.626. The molecule has 2 N–H and O–H groups in total. The molecule has 344 valence electrons. The molecule has 2 nitrogen and oxygen atoms in total. The first kappa shape index (κ1) is 43.1. The van der Waals surface area contributed by atoms with Crippen LogP contribution in [0.3, 0.4) is 0 Å². The minimum absolute atomic E-state index is 0.285. The molecule has 1 heterocycles. The largest absolute Gasteiger partial charge is 0.405 e. The zero-order valence-electron chi connectivity index (χ0n) is 40.0. The maximum Gasteiger partial charge on any atom is 0.101 e. The minimum atomic E-state index is -0.679. The first-order chi connectivity index (χ1) is 36.1. The molecule has 0 aromatic heterocycles. The number of hydrogen-bond donors (Lipinski definition) is 1. The van der Waals surface area contributed by atoms with Crippen LogP contribution in [0.5, 0.6) is 0 Å². The van der Waals surface area contributed by atoms with Crippen LogP contribution in [0.2, 0.25) is 0 Å². The molecule has 1 unspecified atom stereocenters. The van der Waals surface area contributed by atoms with Crippen LogP contribution in [-0.4, -0.2) is 5.71 Å². The Balaban J connectivity index is 0.997. The standard InChI is InChI=1S/C70H48N2S/c1-45-17-15-16-42-73-68-53(45)38-39-57-56-37-36-51(47-30-33-49(34-31-47)67(52-35-32-46-18-5-6-21-50(46)43-52)72-65(40-41-71)48-19-3-2-4-20-48)44-64(56)70(66(57)68)62-28-13-11-26-60(62)69(61-27-12-14-29-63(61)70)58-24-9-7-22-54(58)55-23-8-10-25-59(55)69/h2-44,67H,1,71H2/b17-15-,41-40-,42-16-,72-65?. The summed E-state index contributed by atoms with van der Waals surface area (Å²) < 4.78 is 0. The van der Waals surface area contributed by atoms with Gasteiger partial charge in [0.05, 0.1) is 16.5 Å². The van der Waals surface area contributed by atoms with Gasteiger partial charge < -0.3 is 5.73 Å².